The van der Waals surface area contributed by atoms with Crippen molar-refractivity contribution in [2.45, 2.75) is 45.7 Å². The second-order valence-electron chi connectivity index (χ2n) is 9.49. The van der Waals surface area contributed by atoms with E-state index in [0.29, 0.717) is 38.5 Å². The average Bonchev–Trinajstić information content (AvgIpc) is 2.82. The minimum absolute atomic E-state index is 0.00849. The number of allylic oxidation sites excluding steroid dienone is 3. The largest absolute Gasteiger partial charge is 0.431 e. The number of rotatable bonds is 11. The Morgan fingerprint density at radius 2 is 1.70 bits per heavy atom. The second kappa shape index (κ2) is 13.3. The molecule has 0 aromatic heterocycles. The Morgan fingerprint density at radius 3 is 2.25 bits per heavy atom. The first-order valence-corrected chi connectivity index (χ1v) is 13.6. The van der Waals surface area contributed by atoms with E-state index in [1.54, 1.807) is 43.0 Å². The zero-order valence-corrected chi connectivity index (χ0v) is 23.8. The molecular formula is C29H33F6N3OS. The highest BCUT2D eigenvalue weighted by Gasteiger charge is 2.39. The summed E-state index contributed by atoms with van der Waals surface area (Å²) in [6, 6.07) is 10.1. The predicted molar refractivity (Wildman–Crippen MR) is 151 cm³/mol. The number of thioether (sulfide) groups is 1. The number of anilines is 1. The van der Waals surface area contributed by atoms with E-state index >= 15 is 0 Å². The summed E-state index contributed by atoms with van der Waals surface area (Å²) < 4.78 is 79.0. The molecule has 1 unspecified atom stereocenters. The van der Waals surface area contributed by atoms with Crippen LogP contribution in [-0.2, 0) is 6.54 Å². The van der Waals surface area contributed by atoms with Crippen LogP contribution in [0.3, 0.4) is 0 Å². The van der Waals surface area contributed by atoms with E-state index in [9.17, 15) is 31.1 Å². The van der Waals surface area contributed by atoms with Crippen LogP contribution in [0.2, 0.25) is 0 Å². The molecule has 0 aliphatic heterocycles. The lowest BCUT2D eigenvalue weighted by Gasteiger charge is -2.25. The van der Waals surface area contributed by atoms with Gasteiger partial charge in [-0.25, -0.2) is 0 Å². The number of halogens is 6. The third-order valence-electron chi connectivity index (χ3n) is 5.99. The maximum atomic E-state index is 13.5. The summed E-state index contributed by atoms with van der Waals surface area (Å²) in [6.45, 7) is 12.1. The highest BCUT2D eigenvalue weighted by molar-refractivity contribution is 7.98. The van der Waals surface area contributed by atoms with Crippen molar-refractivity contribution in [2.75, 3.05) is 24.4 Å². The standard InChI is InChI=1S/C29H33F6N3OS/c1-17-9-8-10-23(26(17)21(5)36-20(4)16-40-7)27(39)37-24-12-11-22(13-18(24)2)15-38(6)25(29(33,34)35)14-19(3)28(30,31)32/h8-14,20,36H,3,5,15-16H2,1-2,4,6-7H3,(H,37,39)/b25-14-. The first-order valence-electron chi connectivity index (χ1n) is 12.2. The highest BCUT2D eigenvalue weighted by atomic mass is 32.2. The lowest BCUT2D eigenvalue weighted by Crippen LogP contribution is -2.29. The van der Waals surface area contributed by atoms with Gasteiger partial charge in [-0.2, -0.15) is 38.1 Å². The lowest BCUT2D eigenvalue weighted by atomic mass is 9.98. The Morgan fingerprint density at radius 1 is 1.05 bits per heavy atom. The molecular weight excluding hydrogens is 552 g/mol. The number of alkyl halides is 6. The number of aryl methyl sites for hydroxylation is 2. The summed E-state index contributed by atoms with van der Waals surface area (Å²) >= 11 is 1.68. The molecule has 0 fully saturated rings. The molecule has 1 amide bonds. The molecule has 4 nitrogen and oxygen atoms in total. The minimum atomic E-state index is -5.02. The van der Waals surface area contributed by atoms with Crippen molar-refractivity contribution in [2.24, 2.45) is 0 Å². The first kappa shape index (κ1) is 32.9. The Labute approximate surface area is 235 Å². The summed E-state index contributed by atoms with van der Waals surface area (Å²) in [5, 5.41) is 6.17. The molecule has 0 heterocycles. The van der Waals surface area contributed by atoms with Crippen LogP contribution in [0.25, 0.3) is 5.70 Å². The zero-order chi connectivity index (χ0) is 30.4. The zero-order valence-electron chi connectivity index (χ0n) is 23.0. The van der Waals surface area contributed by atoms with Crippen LogP contribution in [0, 0.1) is 13.8 Å². The highest BCUT2D eigenvalue weighted by Crippen LogP contribution is 2.34. The molecule has 2 aromatic rings. The lowest BCUT2D eigenvalue weighted by molar-refractivity contribution is -0.111. The van der Waals surface area contributed by atoms with Gasteiger partial charge in [0, 0.05) is 47.9 Å². The molecule has 0 saturated carbocycles. The molecule has 0 spiro atoms. The Kier molecular flexibility index (Phi) is 11.0. The Hall–Kier alpha value is -3.34. The van der Waals surface area contributed by atoms with Gasteiger partial charge in [-0.3, -0.25) is 4.79 Å². The average molecular weight is 586 g/mol. The Balaban J connectivity index is 2.27. The number of nitrogens with zero attached hydrogens (tertiary/aromatic N) is 1. The van der Waals surface area contributed by atoms with Gasteiger partial charge in [-0.05, 0) is 61.9 Å². The van der Waals surface area contributed by atoms with E-state index in [-0.39, 0.29) is 24.6 Å². The van der Waals surface area contributed by atoms with Gasteiger partial charge < -0.3 is 15.5 Å². The molecule has 2 aromatic carbocycles. The van der Waals surface area contributed by atoms with Crippen LogP contribution in [0.4, 0.5) is 32.0 Å². The molecule has 0 aliphatic carbocycles. The van der Waals surface area contributed by atoms with Gasteiger partial charge in [-0.15, -0.1) is 0 Å². The normalized spacial score (nSPS) is 13.0. The number of amides is 1. The smallest absolute Gasteiger partial charge is 0.382 e. The number of benzene rings is 2. The van der Waals surface area contributed by atoms with Crippen molar-refractivity contribution < 1.29 is 31.1 Å². The summed E-state index contributed by atoms with van der Waals surface area (Å²) in [5.74, 6) is 0.463. The number of carbonyl (C=O) groups excluding carboxylic acids is 1. The second-order valence-corrected chi connectivity index (χ2v) is 10.4. The fraction of sp³-hybridized carbons (Fsp3) is 0.345. The van der Waals surface area contributed by atoms with Crippen molar-refractivity contribution >= 4 is 29.1 Å². The van der Waals surface area contributed by atoms with Crippen molar-refractivity contribution in [3.05, 3.63) is 94.7 Å². The van der Waals surface area contributed by atoms with Gasteiger partial charge in [0.25, 0.3) is 5.91 Å². The molecule has 218 valence electrons. The maximum Gasteiger partial charge on any atom is 0.431 e. The fourth-order valence-corrected chi connectivity index (χ4v) is 4.67. The van der Waals surface area contributed by atoms with E-state index in [4.69, 9.17) is 0 Å². The van der Waals surface area contributed by atoms with Crippen LogP contribution in [0.15, 0.2) is 66.9 Å². The van der Waals surface area contributed by atoms with Gasteiger partial charge >= 0.3 is 12.4 Å². The molecule has 0 saturated heterocycles. The molecule has 11 heteroatoms. The van der Waals surface area contributed by atoms with Crippen LogP contribution >= 0.6 is 11.8 Å². The minimum Gasteiger partial charge on any atom is -0.382 e. The quantitative estimate of drug-likeness (QED) is 0.208. The van der Waals surface area contributed by atoms with Crippen molar-refractivity contribution in [1.82, 2.24) is 10.2 Å². The third kappa shape index (κ3) is 8.84. The third-order valence-corrected chi connectivity index (χ3v) is 6.83. The molecule has 0 bridgehead atoms. The first-order chi connectivity index (χ1) is 18.4. The van der Waals surface area contributed by atoms with Gasteiger partial charge in [0.05, 0.1) is 5.57 Å². The number of carbonyl (C=O) groups is 1. The SMILES string of the molecule is C=C(NC(C)CSC)c1c(C)cccc1C(=O)Nc1ccc(CN(C)/C(=C\C(=C)C(F)(F)F)C(F)(F)F)cc1C. The predicted octanol–water partition coefficient (Wildman–Crippen LogP) is 7.86. The van der Waals surface area contributed by atoms with E-state index < -0.39 is 23.6 Å². The maximum absolute atomic E-state index is 13.5. The molecule has 0 radical (unpaired) electrons. The summed E-state index contributed by atoms with van der Waals surface area (Å²) in [5.41, 5.74) is 0.886. The fourth-order valence-electron chi connectivity index (χ4n) is 4.09. The van der Waals surface area contributed by atoms with Crippen molar-refractivity contribution in [3.8, 4) is 0 Å². The molecule has 40 heavy (non-hydrogen) atoms. The van der Waals surface area contributed by atoms with Crippen LogP contribution in [-0.4, -0.2) is 48.3 Å². The van der Waals surface area contributed by atoms with E-state index in [0.717, 1.165) is 18.4 Å². The van der Waals surface area contributed by atoms with Gasteiger partial charge in [-0.1, -0.05) is 37.4 Å². The molecule has 1 atom stereocenters. The van der Waals surface area contributed by atoms with E-state index in [2.05, 4.69) is 23.8 Å². The van der Waals surface area contributed by atoms with Crippen LogP contribution < -0.4 is 10.6 Å². The van der Waals surface area contributed by atoms with E-state index in [1.807, 2.05) is 26.2 Å². The monoisotopic (exact) mass is 585 g/mol. The summed E-state index contributed by atoms with van der Waals surface area (Å²) in [4.78, 5) is 14.0. The molecule has 0 aliphatic rings. The Bertz CT molecular complexity index is 1280. The number of hydrogen-bond donors (Lipinski definition) is 2. The summed E-state index contributed by atoms with van der Waals surface area (Å²) in [7, 11) is 1.05. The van der Waals surface area contributed by atoms with E-state index in [1.165, 1.54) is 6.07 Å². The van der Waals surface area contributed by atoms with Crippen LogP contribution in [0.1, 0.15) is 39.5 Å². The summed E-state index contributed by atoms with van der Waals surface area (Å²) in [6.07, 6.45) is -8.02. The topological polar surface area (TPSA) is 44.4 Å². The number of nitrogens with one attached hydrogen (secondary N) is 2. The van der Waals surface area contributed by atoms with Crippen molar-refractivity contribution in [1.29, 1.82) is 0 Å². The van der Waals surface area contributed by atoms with Gasteiger partial charge in [0.1, 0.15) is 5.70 Å². The van der Waals surface area contributed by atoms with Crippen molar-refractivity contribution in [3.63, 3.8) is 0 Å². The molecule has 2 rings (SSSR count). The van der Waals surface area contributed by atoms with Gasteiger partial charge in [0.2, 0.25) is 0 Å². The number of hydrogen-bond acceptors (Lipinski definition) is 4. The molecule has 2 N–H and O–H groups in total. The van der Waals surface area contributed by atoms with Gasteiger partial charge in [0.15, 0.2) is 0 Å². The van der Waals surface area contributed by atoms with Crippen LogP contribution in [0.5, 0.6) is 0 Å².